The fourth-order valence-corrected chi connectivity index (χ4v) is 3.74. The lowest BCUT2D eigenvalue weighted by molar-refractivity contribution is 0.515. The van der Waals surface area contributed by atoms with E-state index in [1.807, 2.05) is 21.7 Å². The van der Waals surface area contributed by atoms with Crippen molar-refractivity contribution in [1.82, 2.24) is 25.2 Å². The van der Waals surface area contributed by atoms with Crippen molar-refractivity contribution in [1.29, 1.82) is 0 Å². The van der Waals surface area contributed by atoms with E-state index in [0.717, 1.165) is 24.4 Å². The molecule has 1 atom stereocenters. The molecule has 0 saturated heterocycles. The molecule has 1 aliphatic rings. The number of halogens is 1. The molecule has 0 amide bonds. The zero-order valence-corrected chi connectivity index (χ0v) is 15.4. The second-order valence-corrected chi connectivity index (χ2v) is 6.91. The molecule has 3 aromatic rings. The van der Waals surface area contributed by atoms with Gasteiger partial charge in [-0.15, -0.1) is 5.10 Å². The Balaban J connectivity index is 1.64. The number of nitrogens with zero attached hydrogens (tertiary/aromatic N) is 5. The van der Waals surface area contributed by atoms with Gasteiger partial charge in [0.2, 0.25) is 0 Å². The van der Waals surface area contributed by atoms with Gasteiger partial charge in [0, 0.05) is 13.0 Å². The highest BCUT2D eigenvalue weighted by Crippen LogP contribution is 2.29. The summed E-state index contributed by atoms with van der Waals surface area (Å²) in [5.41, 5.74) is 4.76. The highest BCUT2D eigenvalue weighted by molar-refractivity contribution is 6.32. The lowest BCUT2D eigenvalue weighted by Crippen LogP contribution is -2.33. The number of hydrogen-bond acceptors (Lipinski definition) is 5. The highest BCUT2D eigenvalue weighted by atomic mass is 35.5. The Kier molecular flexibility index (Phi) is 4.24. The maximum Gasteiger partial charge on any atom is 0.285 e. The predicted molar refractivity (Wildman–Crippen MR) is 99.6 cm³/mol. The van der Waals surface area contributed by atoms with Crippen LogP contribution in [0.5, 0.6) is 0 Å². The number of aromatic nitrogens is 5. The van der Waals surface area contributed by atoms with Gasteiger partial charge >= 0.3 is 0 Å². The van der Waals surface area contributed by atoms with E-state index in [-0.39, 0.29) is 16.6 Å². The Labute approximate surface area is 155 Å². The molecular weight excluding hydrogens is 352 g/mol. The summed E-state index contributed by atoms with van der Waals surface area (Å²) in [5, 5.41) is 15.1. The van der Waals surface area contributed by atoms with Crippen molar-refractivity contribution in [2.24, 2.45) is 0 Å². The Bertz CT molecular complexity index is 1010. The van der Waals surface area contributed by atoms with E-state index in [1.165, 1.54) is 11.1 Å². The monoisotopic (exact) mass is 370 g/mol. The fourth-order valence-electron chi connectivity index (χ4n) is 3.53. The second kappa shape index (κ2) is 6.57. The Morgan fingerprint density at radius 1 is 1.31 bits per heavy atom. The van der Waals surface area contributed by atoms with Crippen LogP contribution in [0.15, 0.2) is 35.3 Å². The topological polar surface area (TPSA) is 79.7 Å². The average molecular weight is 371 g/mol. The molecular formula is C18H19ClN6O. The van der Waals surface area contributed by atoms with Gasteiger partial charge in [0.1, 0.15) is 10.7 Å². The standard InChI is InChI=1S/C18H19ClN6O/c1-11-5-3-4-6-13(11)12(2)25-15-7-8-24(10-14(15)21-23-25)16-9-20-22-18(26)17(16)19/h3-6,9,12H,7-8,10H2,1-2H3,(H,22,26). The van der Waals surface area contributed by atoms with Crippen molar-refractivity contribution in [3.05, 3.63) is 68.4 Å². The third kappa shape index (κ3) is 2.78. The molecule has 0 saturated carbocycles. The molecule has 0 aliphatic carbocycles. The van der Waals surface area contributed by atoms with Crippen LogP contribution in [0.1, 0.15) is 35.5 Å². The molecule has 2 aromatic heterocycles. The maximum absolute atomic E-state index is 11.7. The van der Waals surface area contributed by atoms with Gasteiger partial charge < -0.3 is 4.90 Å². The average Bonchev–Trinajstić information content (AvgIpc) is 3.07. The number of aromatic amines is 1. The van der Waals surface area contributed by atoms with Crippen LogP contribution in [0.25, 0.3) is 0 Å². The predicted octanol–water partition coefficient (Wildman–Crippen LogP) is 2.50. The van der Waals surface area contributed by atoms with Gasteiger partial charge in [-0.25, -0.2) is 9.78 Å². The van der Waals surface area contributed by atoms with Crippen molar-refractivity contribution in [2.45, 2.75) is 32.9 Å². The van der Waals surface area contributed by atoms with Gasteiger partial charge in [0.25, 0.3) is 5.56 Å². The summed E-state index contributed by atoms with van der Waals surface area (Å²) in [6.07, 6.45) is 2.36. The van der Waals surface area contributed by atoms with Crippen LogP contribution in [-0.4, -0.2) is 31.7 Å². The molecule has 0 radical (unpaired) electrons. The second-order valence-electron chi connectivity index (χ2n) is 6.53. The number of nitrogens with one attached hydrogen (secondary N) is 1. The first-order valence-electron chi connectivity index (χ1n) is 8.53. The Hall–Kier alpha value is -2.67. The number of fused-ring (bicyclic) bond motifs is 1. The number of H-pyrrole nitrogens is 1. The first-order valence-corrected chi connectivity index (χ1v) is 8.90. The molecule has 8 heteroatoms. The molecule has 1 unspecified atom stereocenters. The van der Waals surface area contributed by atoms with Crippen molar-refractivity contribution in [3.8, 4) is 0 Å². The van der Waals surface area contributed by atoms with E-state index in [4.69, 9.17) is 11.6 Å². The van der Waals surface area contributed by atoms with Gasteiger partial charge in [-0.2, -0.15) is 5.10 Å². The van der Waals surface area contributed by atoms with Crippen LogP contribution < -0.4 is 10.5 Å². The molecule has 1 aromatic carbocycles. The molecule has 134 valence electrons. The molecule has 1 aliphatic heterocycles. The fraction of sp³-hybridized carbons (Fsp3) is 0.333. The summed E-state index contributed by atoms with van der Waals surface area (Å²) < 4.78 is 2.01. The Morgan fingerprint density at radius 2 is 2.12 bits per heavy atom. The largest absolute Gasteiger partial charge is 0.362 e. The number of aryl methyl sites for hydroxylation is 1. The van der Waals surface area contributed by atoms with Crippen LogP contribution in [0.2, 0.25) is 5.02 Å². The normalized spacial score (nSPS) is 15.0. The van der Waals surface area contributed by atoms with Crippen LogP contribution in [0.4, 0.5) is 5.69 Å². The molecule has 0 spiro atoms. The van der Waals surface area contributed by atoms with Crippen LogP contribution in [0.3, 0.4) is 0 Å². The molecule has 0 bridgehead atoms. The molecule has 26 heavy (non-hydrogen) atoms. The minimum Gasteiger partial charge on any atom is -0.362 e. The molecule has 7 nitrogen and oxygen atoms in total. The lowest BCUT2D eigenvalue weighted by atomic mass is 10.0. The molecule has 1 N–H and O–H groups in total. The number of rotatable bonds is 3. The van der Waals surface area contributed by atoms with Crippen molar-refractivity contribution in [2.75, 3.05) is 11.4 Å². The van der Waals surface area contributed by atoms with Crippen molar-refractivity contribution in [3.63, 3.8) is 0 Å². The van der Waals surface area contributed by atoms with Crippen LogP contribution in [0, 0.1) is 6.92 Å². The molecule has 3 heterocycles. The molecule has 0 fully saturated rings. The third-order valence-electron chi connectivity index (χ3n) is 4.95. The quantitative estimate of drug-likeness (QED) is 0.766. The zero-order valence-electron chi connectivity index (χ0n) is 14.6. The van der Waals surface area contributed by atoms with Crippen molar-refractivity contribution >= 4 is 17.3 Å². The summed E-state index contributed by atoms with van der Waals surface area (Å²) in [7, 11) is 0. The van der Waals surface area contributed by atoms with E-state index in [1.54, 1.807) is 6.20 Å². The maximum atomic E-state index is 11.7. The van der Waals surface area contributed by atoms with E-state index < -0.39 is 0 Å². The number of benzene rings is 1. The number of hydrogen-bond donors (Lipinski definition) is 1. The lowest BCUT2D eigenvalue weighted by Gasteiger charge is -2.29. The summed E-state index contributed by atoms with van der Waals surface area (Å²) in [6.45, 7) is 5.53. The SMILES string of the molecule is Cc1ccccc1C(C)n1nnc2c1CCN(c1cn[nH]c(=O)c1Cl)C2. The van der Waals surface area contributed by atoms with Gasteiger partial charge in [-0.1, -0.05) is 41.1 Å². The summed E-state index contributed by atoms with van der Waals surface area (Å²) in [6, 6.07) is 8.44. The first kappa shape index (κ1) is 16.8. The van der Waals surface area contributed by atoms with Gasteiger partial charge in [-0.05, 0) is 25.0 Å². The van der Waals surface area contributed by atoms with E-state index in [9.17, 15) is 4.79 Å². The minimum absolute atomic E-state index is 0.115. The Morgan fingerprint density at radius 3 is 2.92 bits per heavy atom. The summed E-state index contributed by atoms with van der Waals surface area (Å²) in [5.74, 6) is 0. The zero-order chi connectivity index (χ0) is 18.3. The van der Waals surface area contributed by atoms with E-state index in [2.05, 4.69) is 46.5 Å². The third-order valence-corrected chi connectivity index (χ3v) is 5.32. The highest BCUT2D eigenvalue weighted by Gasteiger charge is 2.26. The summed E-state index contributed by atoms with van der Waals surface area (Å²) >= 11 is 6.14. The van der Waals surface area contributed by atoms with Crippen molar-refractivity contribution < 1.29 is 0 Å². The van der Waals surface area contributed by atoms with Gasteiger partial charge in [0.15, 0.2) is 0 Å². The smallest absolute Gasteiger partial charge is 0.285 e. The summed E-state index contributed by atoms with van der Waals surface area (Å²) in [4.78, 5) is 13.7. The van der Waals surface area contributed by atoms with Gasteiger partial charge in [-0.3, -0.25) is 4.79 Å². The van der Waals surface area contributed by atoms with E-state index >= 15 is 0 Å². The van der Waals surface area contributed by atoms with E-state index in [0.29, 0.717) is 12.2 Å². The minimum atomic E-state index is -0.383. The van der Waals surface area contributed by atoms with Gasteiger partial charge in [0.05, 0.1) is 30.2 Å². The van der Waals surface area contributed by atoms with Crippen LogP contribution >= 0.6 is 11.6 Å². The van der Waals surface area contributed by atoms with Crippen LogP contribution in [-0.2, 0) is 13.0 Å². The first-order chi connectivity index (χ1) is 12.6. The number of anilines is 1. The molecule has 4 rings (SSSR count).